The average Bonchev–Trinajstić information content (AvgIpc) is 3.42. The summed E-state index contributed by atoms with van der Waals surface area (Å²) in [6.07, 6.45) is 85.6. The van der Waals surface area contributed by atoms with E-state index in [4.69, 9.17) is 14.2 Å². The van der Waals surface area contributed by atoms with Gasteiger partial charge >= 0.3 is 17.9 Å². The minimum atomic E-state index is -0.802. The van der Waals surface area contributed by atoms with E-state index in [1.54, 1.807) is 0 Å². The van der Waals surface area contributed by atoms with Gasteiger partial charge in [-0.3, -0.25) is 14.4 Å². The summed E-state index contributed by atoms with van der Waals surface area (Å²) < 4.78 is 16.9. The van der Waals surface area contributed by atoms with Crippen molar-refractivity contribution in [1.29, 1.82) is 0 Å². The fraction of sp³-hybridized carbons (Fsp3) is 0.729. The van der Waals surface area contributed by atoms with Crippen LogP contribution >= 0.6 is 0 Å². The van der Waals surface area contributed by atoms with Crippen molar-refractivity contribution in [1.82, 2.24) is 0 Å². The first kappa shape index (κ1) is 72.3. The van der Waals surface area contributed by atoms with E-state index in [9.17, 15) is 14.4 Å². The van der Waals surface area contributed by atoms with Crippen LogP contribution in [0, 0.1) is 0 Å². The Labute approximate surface area is 470 Å². The van der Waals surface area contributed by atoms with Crippen LogP contribution in [0.15, 0.2) is 97.2 Å². The van der Waals surface area contributed by atoms with E-state index in [2.05, 4.69) is 118 Å². The second-order valence-corrected chi connectivity index (χ2v) is 21.3. The van der Waals surface area contributed by atoms with Crippen LogP contribution in [0.2, 0.25) is 0 Å². The number of hydrogen-bond acceptors (Lipinski definition) is 6. The molecule has 0 saturated heterocycles. The quantitative estimate of drug-likeness (QED) is 0.0261. The second kappa shape index (κ2) is 63.9. The SMILES string of the molecule is CC/C=C\C/C=C\C/C=C\C/C=C\C/C=C\C/C=C\C/C=C\CCCC(=O)OCC(COC(=O)CCCCCCCCCCCCCCCC)OC(=O)CCCCCCCCCCC/C=C\CCCCCCCCCC. The van der Waals surface area contributed by atoms with E-state index >= 15 is 0 Å². The van der Waals surface area contributed by atoms with Crippen LogP contribution in [0.3, 0.4) is 0 Å². The predicted octanol–water partition coefficient (Wildman–Crippen LogP) is 22.0. The van der Waals surface area contributed by atoms with Gasteiger partial charge in [0, 0.05) is 19.3 Å². The summed E-state index contributed by atoms with van der Waals surface area (Å²) in [4.78, 5) is 38.3. The zero-order chi connectivity index (χ0) is 55.0. The molecule has 0 spiro atoms. The molecule has 0 rings (SSSR count). The molecular formula is C70H120O6. The van der Waals surface area contributed by atoms with E-state index in [0.717, 1.165) is 89.9 Å². The molecular weight excluding hydrogens is 937 g/mol. The molecule has 0 N–H and O–H groups in total. The molecule has 6 nitrogen and oxygen atoms in total. The van der Waals surface area contributed by atoms with Gasteiger partial charge in [0.1, 0.15) is 13.2 Å². The van der Waals surface area contributed by atoms with Gasteiger partial charge in [-0.25, -0.2) is 0 Å². The van der Waals surface area contributed by atoms with Gasteiger partial charge in [-0.15, -0.1) is 0 Å². The number of hydrogen-bond donors (Lipinski definition) is 0. The molecule has 0 aromatic carbocycles. The van der Waals surface area contributed by atoms with Gasteiger partial charge in [0.25, 0.3) is 0 Å². The van der Waals surface area contributed by atoms with Crippen molar-refractivity contribution in [3.05, 3.63) is 97.2 Å². The molecule has 1 unspecified atom stereocenters. The van der Waals surface area contributed by atoms with Crippen molar-refractivity contribution >= 4 is 17.9 Å². The average molecular weight is 1060 g/mol. The Balaban J connectivity index is 4.44. The Hall–Kier alpha value is -3.67. The predicted molar refractivity (Wildman–Crippen MR) is 330 cm³/mol. The van der Waals surface area contributed by atoms with Crippen molar-refractivity contribution in [2.24, 2.45) is 0 Å². The monoisotopic (exact) mass is 1060 g/mol. The van der Waals surface area contributed by atoms with Crippen molar-refractivity contribution in [3.8, 4) is 0 Å². The molecule has 0 aromatic heterocycles. The highest BCUT2D eigenvalue weighted by Crippen LogP contribution is 2.16. The molecule has 0 bridgehead atoms. The largest absolute Gasteiger partial charge is 0.462 e. The molecule has 0 heterocycles. The van der Waals surface area contributed by atoms with Gasteiger partial charge in [-0.1, -0.05) is 291 Å². The van der Waals surface area contributed by atoms with Crippen LogP contribution in [0.1, 0.15) is 310 Å². The summed E-state index contributed by atoms with van der Waals surface area (Å²) in [7, 11) is 0. The molecule has 0 aromatic rings. The first-order valence-corrected chi connectivity index (χ1v) is 32.2. The normalized spacial score (nSPS) is 12.7. The Kier molecular flexibility index (Phi) is 60.8. The molecule has 0 aliphatic heterocycles. The van der Waals surface area contributed by atoms with Crippen LogP contribution in [0.25, 0.3) is 0 Å². The maximum atomic E-state index is 12.9. The summed E-state index contributed by atoms with van der Waals surface area (Å²) >= 11 is 0. The highest BCUT2D eigenvalue weighted by molar-refractivity contribution is 5.71. The zero-order valence-corrected chi connectivity index (χ0v) is 50.0. The zero-order valence-electron chi connectivity index (χ0n) is 50.0. The summed E-state index contributed by atoms with van der Waals surface area (Å²) in [5.41, 5.74) is 0. The van der Waals surface area contributed by atoms with Gasteiger partial charge in [0.05, 0.1) is 0 Å². The number of allylic oxidation sites excluding steroid dienone is 16. The van der Waals surface area contributed by atoms with Crippen molar-refractivity contribution in [3.63, 3.8) is 0 Å². The highest BCUT2D eigenvalue weighted by atomic mass is 16.6. The molecule has 0 fully saturated rings. The number of ether oxygens (including phenoxy) is 3. The lowest BCUT2D eigenvalue weighted by molar-refractivity contribution is -0.167. The smallest absolute Gasteiger partial charge is 0.306 e. The lowest BCUT2D eigenvalue weighted by atomic mass is 10.0. The second-order valence-electron chi connectivity index (χ2n) is 21.3. The third-order valence-corrected chi connectivity index (χ3v) is 13.8. The number of unbranched alkanes of at least 4 members (excludes halogenated alkanes) is 31. The van der Waals surface area contributed by atoms with Crippen LogP contribution in [-0.4, -0.2) is 37.2 Å². The van der Waals surface area contributed by atoms with Gasteiger partial charge in [-0.05, 0) is 96.3 Å². The topological polar surface area (TPSA) is 78.9 Å². The Bertz CT molecular complexity index is 1490. The first-order chi connectivity index (χ1) is 37.5. The number of esters is 3. The fourth-order valence-electron chi connectivity index (χ4n) is 9.02. The minimum Gasteiger partial charge on any atom is -0.462 e. The molecule has 0 amide bonds. The third-order valence-electron chi connectivity index (χ3n) is 13.8. The molecule has 1 atom stereocenters. The molecule has 0 aliphatic carbocycles. The van der Waals surface area contributed by atoms with E-state index in [1.165, 1.54) is 173 Å². The van der Waals surface area contributed by atoms with E-state index in [0.29, 0.717) is 19.3 Å². The lowest BCUT2D eigenvalue weighted by Gasteiger charge is -2.18. The molecule has 6 heteroatoms. The highest BCUT2D eigenvalue weighted by Gasteiger charge is 2.19. The minimum absolute atomic E-state index is 0.0939. The Morgan fingerprint density at radius 3 is 0.868 bits per heavy atom. The van der Waals surface area contributed by atoms with Crippen LogP contribution in [0.5, 0.6) is 0 Å². The van der Waals surface area contributed by atoms with Crippen LogP contribution in [-0.2, 0) is 28.6 Å². The molecule has 0 radical (unpaired) electrons. The van der Waals surface area contributed by atoms with Gasteiger partial charge in [0.2, 0.25) is 0 Å². The number of rotatable bonds is 58. The summed E-state index contributed by atoms with van der Waals surface area (Å²) in [6, 6.07) is 0. The maximum Gasteiger partial charge on any atom is 0.306 e. The van der Waals surface area contributed by atoms with Crippen molar-refractivity contribution in [2.75, 3.05) is 13.2 Å². The summed E-state index contributed by atoms with van der Waals surface area (Å²) in [6.45, 7) is 6.51. The fourth-order valence-corrected chi connectivity index (χ4v) is 9.02. The standard InChI is InChI=1S/C70H120O6/c1-4-7-10-13-16-19-22-25-28-30-32-34-35-37-38-40-42-45-48-51-54-57-60-63-69(72)75-66-67(65-74-68(71)62-59-56-53-50-47-44-27-24-21-18-15-12-9-6-3)76-70(73)64-61-58-55-52-49-46-43-41-39-36-33-31-29-26-23-20-17-14-11-8-5-2/h7,10,16,19,25,28,31-34,37-38,42,45,51,54,67H,4-6,8-9,11-15,17-18,20-24,26-27,29-30,35-36,39-41,43-44,46-50,52-53,55-66H2,1-3H3/b10-7-,19-16-,28-25-,33-31-,34-32-,38-37-,45-42-,54-51-. The van der Waals surface area contributed by atoms with Crippen LogP contribution < -0.4 is 0 Å². The van der Waals surface area contributed by atoms with Crippen molar-refractivity contribution < 1.29 is 28.6 Å². The molecule has 436 valence electrons. The van der Waals surface area contributed by atoms with Gasteiger partial charge in [0.15, 0.2) is 6.10 Å². The maximum absolute atomic E-state index is 12.9. The number of carbonyl (C=O) groups is 3. The molecule has 76 heavy (non-hydrogen) atoms. The van der Waals surface area contributed by atoms with Crippen LogP contribution in [0.4, 0.5) is 0 Å². The van der Waals surface area contributed by atoms with Gasteiger partial charge in [-0.2, -0.15) is 0 Å². The summed E-state index contributed by atoms with van der Waals surface area (Å²) in [5, 5.41) is 0. The van der Waals surface area contributed by atoms with Gasteiger partial charge < -0.3 is 14.2 Å². The third kappa shape index (κ3) is 61.2. The lowest BCUT2D eigenvalue weighted by Crippen LogP contribution is -2.30. The van der Waals surface area contributed by atoms with E-state index in [-0.39, 0.29) is 37.5 Å². The Morgan fingerprint density at radius 2 is 0.526 bits per heavy atom. The van der Waals surface area contributed by atoms with E-state index < -0.39 is 6.10 Å². The number of carbonyl (C=O) groups excluding carboxylic acids is 3. The summed E-state index contributed by atoms with van der Waals surface area (Å²) in [5.74, 6) is -0.947. The molecule has 0 aliphatic rings. The Morgan fingerprint density at radius 1 is 0.276 bits per heavy atom. The molecule has 0 saturated carbocycles. The van der Waals surface area contributed by atoms with Crippen molar-refractivity contribution in [2.45, 2.75) is 316 Å². The first-order valence-electron chi connectivity index (χ1n) is 32.2. The van der Waals surface area contributed by atoms with E-state index in [1.807, 2.05) is 0 Å².